The summed E-state index contributed by atoms with van der Waals surface area (Å²) in [4.78, 5) is 0. The normalized spacial score (nSPS) is 13.2. The van der Waals surface area contributed by atoms with Crippen molar-refractivity contribution in [1.82, 2.24) is 5.32 Å². The highest BCUT2D eigenvalue weighted by Crippen LogP contribution is 2.22. The largest absolute Gasteiger partial charge is 0.323 e. The van der Waals surface area contributed by atoms with Crippen LogP contribution in [0.25, 0.3) is 10.8 Å². The molecule has 0 amide bonds. The molecule has 17 heavy (non-hydrogen) atoms. The fraction of sp³-hybridized carbons (Fsp3) is 0.333. The zero-order valence-electron chi connectivity index (χ0n) is 10.5. The summed E-state index contributed by atoms with van der Waals surface area (Å²) in [6.45, 7) is 5.08. The first kappa shape index (κ1) is 12.1. The summed E-state index contributed by atoms with van der Waals surface area (Å²) in [5, 5.41) is 5.90. The Labute approximate surface area is 103 Å². The molecule has 2 nitrogen and oxygen atoms in total. The average molecular weight is 228 g/mol. The molecular weight excluding hydrogens is 208 g/mol. The van der Waals surface area contributed by atoms with Crippen LogP contribution in [-0.2, 0) is 0 Å². The van der Waals surface area contributed by atoms with Gasteiger partial charge in [0.2, 0.25) is 0 Å². The first-order valence-corrected chi connectivity index (χ1v) is 6.15. The third-order valence-corrected chi connectivity index (χ3v) is 2.97. The number of nitrogens with one attached hydrogen (secondary N) is 1. The Morgan fingerprint density at radius 2 is 1.76 bits per heavy atom. The molecular formula is C15H20N2. The third-order valence-electron chi connectivity index (χ3n) is 2.97. The summed E-state index contributed by atoms with van der Waals surface area (Å²) >= 11 is 0. The fourth-order valence-electron chi connectivity index (χ4n) is 2.05. The lowest BCUT2D eigenvalue weighted by atomic mass is 9.99. The standard InChI is InChI=1S/C15H20N2/c1-11(2)17-10-15(16)14-9-5-7-12-6-3-4-8-13(12)14/h3-9,11,15,17H,10,16H2,1-2H3. The van der Waals surface area contributed by atoms with E-state index >= 15 is 0 Å². The summed E-state index contributed by atoms with van der Waals surface area (Å²) in [6.07, 6.45) is 0. The molecule has 3 N–H and O–H groups in total. The van der Waals surface area contributed by atoms with Gasteiger partial charge in [-0.25, -0.2) is 0 Å². The molecule has 2 aromatic carbocycles. The molecule has 1 atom stereocenters. The maximum absolute atomic E-state index is 6.25. The monoisotopic (exact) mass is 228 g/mol. The molecule has 2 rings (SSSR count). The molecule has 90 valence electrons. The van der Waals surface area contributed by atoms with Crippen molar-refractivity contribution >= 4 is 10.8 Å². The van der Waals surface area contributed by atoms with Crippen molar-refractivity contribution in [2.45, 2.75) is 25.9 Å². The number of benzene rings is 2. The lowest BCUT2D eigenvalue weighted by Gasteiger charge is -2.17. The van der Waals surface area contributed by atoms with Crippen molar-refractivity contribution in [2.75, 3.05) is 6.54 Å². The lowest BCUT2D eigenvalue weighted by molar-refractivity contribution is 0.539. The van der Waals surface area contributed by atoms with Gasteiger partial charge in [-0.3, -0.25) is 0 Å². The molecule has 2 heteroatoms. The van der Waals surface area contributed by atoms with Crippen LogP contribution in [0.15, 0.2) is 42.5 Å². The quantitative estimate of drug-likeness (QED) is 0.844. The maximum Gasteiger partial charge on any atom is 0.0428 e. The molecule has 0 aliphatic heterocycles. The second kappa shape index (κ2) is 5.30. The van der Waals surface area contributed by atoms with E-state index in [-0.39, 0.29) is 6.04 Å². The van der Waals surface area contributed by atoms with Gasteiger partial charge in [0, 0.05) is 18.6 Å². The smallest absolute Gasteiger partial charge is 0.0428 e. The van der Waals surface area contributed by atoms with Crippen LogP contribution in [0.1, 0.15) is 25.5 Å². The Hall–Kier alpha value is -1.38. The van der Waals surface area contributed by atoms with Crippen LogP contribution in [0, 0.1) is 0 Å². The molecule has 1 unspecified atom stereocenters. The minimum atomic E-state index is 0.0449. The number of fused-ring (bicyclic) bond motifs is 1. The van der Waals surface area contributed by atoms with Crippen molar-refractivity contribution in [3.8, 4) is 0 Å². The summed E-state index contributed by atoms with van der Waals surface area (Å²) < 4.78 is 0. The van der Waals surface area contributed by atoms with Crippen molar-refractivity contribution in [2.24, 2.45) is 5.73 Å². The van der Waals surface area contributed by atoms with Crippen LogP contribution in [-0.4, -0.2) is 12.6 Å². The third kappa shape index (κ3) is 2.84. The van der Waals surface area contributed by atoms with Crippen molar-refractivity contribution in [3.05, 3.63) is 48.0 Å². The summed E-state index contributed by atoms with van der Waals surface area (Å²) in [5.41, 5.74) is 7.47. The second-order valence-electron chi connectivity index (χ2n) is 4.74. The zero-order valence-corrected chi connectivity index (χ0v) is 10.5. The topological polar surface area (TPSA) is 38.0 Å². The predicted octanol–water partition coefficient (Wildman–Crippen LogP) is 2.84. The summed E-state index contributed by atoms with van der Waals surface area (Å²) in [7, 11) is 0. The van der Waals surface area contributed by atoms with Gasteiger partial charge in [0.05, 0.1) is 0 Å². The van der Waals surface area contributed by atoms with E-state index in [4.69, 9.17) is 5.73 Å². The zero-order chi connectivity index (χ0) is 12.3. The van der Waals surface area contributed by atoms with Crippen LogP contribution < -0.4 is 11.1 Å². The van der Waals surface area contributed by atoms with Crippen molar-refractivity contribution in [3.63, 3.8) is 0 Å². The van der Waals surface area contributed by atoms with E-state index in [0.717, 1.165) is 6.54 Å². The molecule has 0 aromatic heterocycles. The van der Waals surface area contributed by atoms with E-state index in [1.807, 2.05) is 0 Å². The Balaban J connectivity index is 2.28. The number of nitrogens with two attached hydrogens (primary N) is 1. The second-order valence-corrected chi connectivity index (χ2v) is 4.74. The summed E-state index contributed by atoms with van der Waals surface area (Å²) in [6, 6.07) is 15.2. The van der Waals surface area contributed by atoms with Gasteiger partial charge in [0.25, 0.3) is 0 Å². The highest BCUT2D eigenvalue weighted by Gasteiger charge is 2.09. The Morgan fingerprint density at radius 3 is 2.53 bits per heavy atom. The minimum absolute atomic E-state index is 0.0449. The van der Waals surface area contributed by atoms with Gasteiger partial charge in [0.15, 0.2) is 0 Å². The van der Waals surface area contributed by atoms with Gasteiger partial charge in [-0.05, 0) is 16.3 Å². The van der Waals surface area contributed by atoms with Crippen molar-refractivity contribution in [1.29, 1.82) is 0 Å². The molecule has 0 spiro atoms. The van der Waals surface area contributed by atoms with Crippen LogP contribution in [0.2, 0.25) is 0 Å². The fourth-order valence-corrected chi connectivity index (χ4v) is 2.05. The van der Waals surface area contributed by atoms with E-state index < -0.39 is 0 Å². The number of rotatable bonds is 4. The van der Waals surface area contributed by atoms with E-state index in [2.05, 4.69) is 61.6 Å². The molecule has 0 fully saturated rings. The maximum atomic E-state index is 6.25. The van der Waals surface area contributed by atoms with E-state index in [0.29, 0.717) is 6.04 Å². The highest BCUT2D eigenvalue weighted by molar-refractivity contribution is 5.86. The molecule has 0 heterocycles. The minimum Gasteiger partial charge on any atom is -0.323 e. The molecule has 0 radical (unpaired) electrons. The van der Waals surface area contributed by atoms with Crippen LogP contribution in [0.3, 0.4) is 0 Å². The van der Waals surface area contributed by atoms with Gasteiger partial charge in [-0.2, -0.15) is 0 Å². The molecule has 0 aliphatic rings. The molecule has 0 saturated carbocycles. The molecule has 0 saturated heterocycles. The van der Waals surface area contributed by atoms with Gasteiger partial charge in [-0.1, -0.05) is 56.3 Å². The van der Waals surface area contributed by atoms with E-state index in [9.17, 15) is 0 Å². The summed E-state index contributed by atoms with van der Waals surface area (Å²) in [5.74, 6) is 0. The van der Waals surface area contributed by atoms with Gasteiger partial charge in [0.1, 0.15) is 0 Å². The lowest BCUT2D eigenvalue weighted by Crippen LogP contribution is -2.31. The molecule has 2 aromatic rings. The number of hydrogen-bond acceptors (Lipinski definition) is 2. The number of hydrogen-bond donors (Lipinski definition) is 2. The van der Waals surface area contributed by atoms with Gasteiger partial charge < -0.3 is 11.1 Å². The average Bonchev–Trinajstić information content (AvgIpc) is 2.35. The Bertz CT molecular complexity index is 486. The Morgan fingerprint density at radius 1 is 1.06 bits per heavy atom. The SMILES string of the molecule is CC(C)NCC(N)c1cccc2ccccc12. The van der Waals surface area contributed by atoms with Crippen LogP contribution in [0.4, 0.5) is 0 Å². The molecule has 0 aliphatic carbocycles. The van der Waals surface area contributed by atoms with Crippen LogP contribution >= 0.6 is 0 Å². The Kier molecular flexibility index (Phi) is 3.77. The predicted molar refractivity (Wildman–Crippen MR) is 74.0 cm³/mol. The van der Waals surface area contributed by atoms with E-state index in [1.165, 1.54) is 16.3 Å². The highest BCUT2D eigenvalue weighted by atomic mass is 14.9. The first-order chi connectivity index (χ1) is 8.18. The van der Waals surface area contributed by atoms with Crippen molar-refractivity contribution < 1.29 is 0 Å². The van der Waals surface area contributed by atoms with E-state index in [1.54, 1.807) is 0 Å². The van der Waals surface area contributed by atoms with Gasteiger partial charge in [-0.15, -0.1) is 0 Å². The van der Waals surface area contributed by atoms with Gasteiger partial charge >= 0.3 is 0 Å². The van der Waals surface area contributed by atoms with Crippen LogP contribution in [0.5, 0.6) is 0 Å². The molecule has 0 bridgehead atoms. The first-order valence-electron chi connectivity index (χ1n) is 6.15.